The fourth-order valence-corrected chi connectivity index (χ4v) is 2.62. The fourth-order valence-electron chi connectivity index (χ4n) is 2.62. The van der Waals surface area contributed by atoms with Crippen LogP contribution in [0.5, 0.6) is 0 Å². The summed E-state index contributed by atoms with van der Waals surface area (Å²) in [5.74, 6) is -0.765. The van der Waals surface area contributed by atoms with Gasteiger partial charge >= 0.3 is 0 Å². The van der Waals surface area contributed by atoms with Gasteiger partial charge in [-0.3, -0.25) is 9.59 Å². The predicted molar refractivity (Wildman–Crippen MR) is 86.7 cm³/mol. The molecule has 25 heavy (non-hydrogen) atoms. The molecule has 1 aliphatic heterocycles. The molecule has 3 unspecified atom stereocenters. The molecule has 5 atom stereocenters. The summed E-state index contributed by atoms with van der Waals surface area (Å²) < 4.78 is 4.95. The number of Topliss-reactive ketones (excluding diaryl/α,β-unsaturated/α-hetero) is 1. The van der Waals surface area contributed by atoms with Gasteiger partial charge in [0.1, 0.15) is 24.4 Å². The van der Waals surface area contributed by atoms with Crippen molar-refractivity contribution < 1.29 is 34.8 Å². The molecule has 1 heterocycles. The third-order valence-corrected chi connectivity index (χ3v) is 4.18. The maximum absolute atomic E-state index is 12.0. The quantitative estimate of drug-likeness (QED) is 0.408. The van der Waals surface area contributed by atoms with Crippen LogP contribution < -0.4 is 5.32 Å². The SMILES string of the molecule is Cc1ccc(C(=O)CCC(=O)NC2C(O)O[C@H](CO)C(O)[C@@H]2O)cc1. The first kappa shape index (κ1) is 19.5. The maximum atomic E-state index is 12.0. The minimum Gasteiger partial charge on any atom is -0.394 e. The van der Waals surface area contributed by atoms with Crippen molar-refractivity contribution in [1.29, 1.82) is 0 Å². The van der Waals surface area contributed by atoms with Crippen LogP contribution in [0, 0.1) is 6.92 Å². The summed E-state index contributed by atoms with van der Waals surface area (Å²) in [5, 5.41) is 40.9. The van der Waals surface area contributed by atoms with Crippen LogP contribution in [0.1, 0.15) is 28.8 Å². The number of nitrogens with one attached hydrogen (secondary N) is 1. The highest BCUT2D eigenvalue weighted by atomic mass is 16.6. The van der Waals surface area contributed by atoms with Crippen molar-refractivity contribution in [1.82, 2.24) is 5.32 Å². The molecule has 0 aromatic heterocycles. The van der Waals surface area contributed by atoms with Crippen LogP contribution in [0.3, 0.4) is 0 Å². The second-order valence-corrected chi connectivity index (χ2v) is 6.11. The molecule has 8 heteroatoms. The van der Waals surface area contributed by atoms with Crippen LogP contribution in [-0.2, 0) is 9.53 Å². The van der Waals surface area contributed by atoms with Gasteiger partial charge in [0.25, 0.3) is 0 Å². The van der Waals surface area contributed by atoms with Gasteiger partial charge in [0.05, 0.1) is 6.61 Å². The largest absolute Gasteiger partial charge is 0.394 e. The zero-order valence-electron chi connectivity index (χ0n) is 13.8. The summed E-state index contributed by atoms with van der Waals surface area (Å²) >= 11 is 0. The Hall–Kier alpha value is -1.84. The van der Waals surface area contributed by atoms with E-state index >= 15 is 0 Å². The van der Waals surface area contributed by atoms with Crippen LogP contribution >= 0.6 is 0 Å². The summed E-state index contributed by atoms with van der Waals surface area (Å²) in [6.07, 6.45) is -5.84. The highest BCUT2D eigenvalue weighted by molar-refractivity contribution is 5.98. The Balaban J connectivity index is 1.87. The van der Waals surface area contributed by atoms with E-state index in [2.05, 4.69) is 5.32 Å². The van der Waals surface area contributed by atoms with Crippen molar-refractivity contribution in [2.24, 2.45) is 0 Å². The number of benzene rings is 1. The van der Waals surface area contributed by atoms with Crippen molar-refractivity contribution in [3.05, 3.63) is 35.4 Å². The van der Waals surface area contributed by atoms with Gasteiger partial charge in [-0.1, -0.05) is 29.8 Å². The highest BCUT2D eigenvalue weighted by Crippen LogP contribution is 2.20. The molecule has 0 radical (unpaired) electrons. The van der Waals surface area contributed by atoms with Gasteiger partial charge in [-0.25, -0.2) is 0 Å². The summed E-state index contributed by atoms with van der Waals surface area (Å²) in [5.41, 5.74) is 1.52. The molecule has 0 bridgehead atoms. The van der Waals surface area contributed by atoms with E-state index in [1.807, 2.05) is 6.92 Å². The molecule has 1 aromatic carbocycles. The molecule has 8 nitrogen and oxygen atoms in total. The van der Waals surface area contributed by atoms with Gasteiger partial charge < -0.3 is 30.5 Å². The van der Waals surface area contributed by atoms with Crippen LogP contribution in [-0.4, -0.2) is 69.4 Å². The Labute approximate surface area is 145 Å². The Morgan fingerprint density at radius 1 is 1.08 bits per heavy atom. The molecule has 0 spiro atoms. The molecule has 138 valence electrons. The Morgan fingerprint density at radius 3 is 2.32 bits per heavy atom. The lowest BCUT2D eigenvalue weighted by atomic mass is 9.97. The smallest absolute Gasteiger partial charge is 0.220 e. The number of ketones is 1. The Bertz CT molecular complexity index is 604. The normalized spacial score (nSPS) is 29.2. The zero-order valence-corrected chi connectivity index (χ0v) is 13.8. The van der Waals surface area contributed by atoms with E-state index < -0.39 is 43.2 Å². The summed E-state index contributed by atoms with van der Waals surface area (Å²) in [6, 6.07) is 5.73. The lowest BCUT2D eigenvalue weighted by Gasteiger charge is -2.40. The van der Waals surface area contributed by atoms with Crippen molar-refractivity contribution in [2.75, 3.05) is 6.61 Å². The van der Waals surface area contributed by atoms with Gasteiger partial charge in [0.2, 0.25) is 5.91 Å². The average molecular weight is 353 g/mol. The van der Waals surface area contributed by atoms with Crippen molar-refractivity contribution >= 4 is 11.7 Å². The van der Waals surface area contributed by atoms with Crippen LogP contribution in [0.25, 0.3) is 0 Å². The third-order valence-electron chi connectivity index (χ3n) is 4.18. The second kappa shape index (κ2) is 8.50. The summed E-state index contributed by atoms with van der Waals surface area (Å²) in [7, 11) is 0. The molecule has 1 aliphatic rings. The molecule has 1 aromatic rings. The second-order valence-electron chi connectivity index (χ2n) is 6.11. The fraction of sp³-hybridized carbons (Fsp3) is 0.529. The van der Waals surface area contributed by atoms with E-state index in [-0.39, 0.29) is 18.6 Å². The minimum atomic E-state index is -1.58. The number of carbonyl (C=O) groups is 2. The molecule has 1 fully saturated rings. The molecular weight excluding hydrogens is 330 g/mol. The van der Waals surface area contributed by atoms with Crippen LogP contribution in [0.15, 0.2) is 24.3 Å². The molecule has 0 aliphatic carbocycles. The van der Waals surface area contributed by atoms with E-state index in [0.29, 0.717) is 5.56 Å². The maximum Gasteiger partial charge on any atom is 0.220 e. The third kappa shape index (κ3) is 4.83. The summed E-state index contributed by atoms with van der Waals surface area (Å²) in [6.45, 7) is 1.32. The molecule has 0 saturated carbocycles. The van der Waals surface area contributed by atoms with Crippen molar-refractivity contribution in [3.63, 3.8) is 0 Å². The Kier molecular flexibility index (Phi) is 6.63. The standard InChI is InChI=1S/C17H23NO7/c1-9-2-4-10(5-3-9)11(20)6-7-13(21)18-14-16(23)15(22)12(8-19)25-17(14)24/h2-5,12,14-17,19,22-24H,6-8H2,1H3,(H,18,21)/t12-,14?,15?,16-,17?/m1/s1. The van der Waals surface area contributed by atoms with E-state index in [4.69, 9.17) is 9.84 Å². The minimum absolute atomic E-state index is 0.0313. The van der Waals surface area contributed by atoms with Crippen LogP contribution in [0.4, 0.5) is 0 Å². The van der Waals surface area contributed by atoms with E-state index in [0.717, 1.165) is 5.56 Å². The number of ether oxygens (including phenoxy) is 1. The predicted octanol–water partition coefficient (Wildman–Crippen LogP) is -1.13. The van der Waals surface area contributed by atoms with Gasteiger partial charge in [-0.05, 0) is 6.92 Å². The lowest BCUT2D eigenvalue weighted by Crippen LogP contribution is -2.64. The van der Waals surface area contributed by atoms with Gasteiger partial charge in [0, 0.05) is 18.4 Å². The molecule has 1 amide bonds. The number of hydrogen-bond acceptors (Lipinski definition) is 7. The van der Waals surface area contributed by atoms with Crippen molar-refractivity contribution in [3.8, 4) is 0 Å². The van der Waals surface area contributed by atoms with Gasteiger partial charge in [-0.2, -0.15) is 0 Å². The van der Waals surface area contributed by atoms with Crippen molar-refractivity contribution in [2.45, 2.75) is 50.4 Å². The van der Waals surface area contributed by atoms with Gasteiger partial charge in [0.15, 0.2) is 12.1 Å². The lowest BCUT2D eigenvalue weighted by molar-refractivity contribution is -0.253. The number of aliphatic hydroxyl groups excluding tert-OH is 4. The zero-order chi connectivity index (χ0) is 18.6. The topological polar surface area (TPSA) is 136 Å². The molecular formula is C17H23NO7. The number of rotatable bonds is 6. The first-order valence-corrected chi connectivity index (χ1v) is 8.03. The number of aliphatic hydroxyl groups is 4. The van der Waals surface area contributed by atoms with E-state index in [9.17, 15) is 24.9 Å². The molecule has 5 N–H and O–H groups in total. The number of hydrogen-bond donors (Lipinski definition) is 5. The average Bonchev–Trinajstić information content (AvgIpc) is 2.60. The molecule has 2 rings (SSSR count). The Morgan fingerprint density at radius 2 is 1.72 bits per heavy atom. The number of carbonyl (C=O) groups excluding carboxylic acids is 2. The highest BCUT2D eigenvalue weighted by Gasteiger charge is 2.44. The first-order valence-electron chi connectivity index (χ1n) is 8.03. The number of amides is 1. The monoisotopic (exact) mass is 353 g/mol. The van der Waals surface area contributed by atoms with Gasteiger partial charge in [-0.15, -0.1) is 0 Å². The first-order chi connectivity index (χ1) is 11.8. The molecule has 1 saturated heterocycles. The summed E-state index contributed by atoms with van der Waals surface area (Å²) in [4.78, 5) is 24.0. The number of aryl methyl sites for hydroxylation is 1. The van der Waals surface area contributed by atoms with E-state index in [1.54, 1.807) is 24.3 Å². The van der Waals surface area contributed by atoms with Crippen LogP contribution in [0.2, 0.25) is 0 Å². The van der Waals surface area contributed by atoms with E-state index in [1.165, 1.54) is 0 Å².